The van der Waals surface area contributed by atoms with Crippen molar-refractivity contribution >= 4 is 11.6 Å². The molecule has 1 aromatic heterocycles. The molecule has 6 nitrogen and oxygen atoms in total. The molecule has 140 valence electrons. The van der Waals surface area contributed by atoms with Gasteiger partial charge >= 0.3 is 0 Å². The van der Waals surface area contributed by atoms with Gasteiger partial charge in [-0.3, -0.25) is 9.59 Å². The van der Waals surface area contributed by atoms with Gasteiger partial charge in [0.15, 0.2) is 0 Å². The van der Waals surface area contributed by atoms with Gasteiger partial charge in [-0.15, -0.1) is 0 Å². The Labute approximate surface area is 161 Å². The Morgan fingerprint density at radius 2 is 1.43 bits per heavy atom. The second kappa shape index (κ2) is 6.81. The maximum absolute atomic E-state index is 13.3. The summed E-state index contributed by atoms with van der Waals surface area (Å²) in [5.41, 5.74) is 1.96. The van der Waals surface area contributed by atoms with Crippen LogP contribution in [0.25, 0.3) is 11.3 Å². The number of methoxy groups -OCH3 is 3. The predicted molar refractivity (Wildman–Crippen MR) is 103 cm³/mol. The molecule has 0 radical (unpaired) electrons. The standard InChI is InChI=1S/C22H17NO5/c1-26-13-9-14-18(16(10-13)27-2)22(25)19-17(28-3)11-15(23-20(19)21(14)24)12-7-5-4-6-8-12/h4-11H,1-3H3. The minimum absolute atomic E-state index is 0.0611. The van der Waals surface area contributed by atoms with E-state index in [-0.39, 0.29) is 39.7 Å². The van der Waals surface area contributed by atoms with Crippen molar-refractivity contribution in [3.8, 4) is 28.5 Å². The Hall–Kier alpha value is -3.67. The Kier molecular flexibility index (Phi) is 4.31. The van der Waals surface area contributed by atoms with Crippen molar-refractivity contribution in [3.05, 3.63) is 70.9 Å². The molecule has 4 rings (SSSR count). The van der Waals surface area contributed by atoms with E-state index in [1.54, 1.807) is 12.1 Å². The number of rotatable bonds is 4. The summed E-state index contributed by atoms with van der Waals surface area (Å²) in [7, 11) is 4.39. The van der Waals surface area contributed by atoms with Crippen LogP contribution >= 0.6 is 0 Å². The Balaban J connectivity index is 1.99. The molecule has 1 heterocycles. The SMILES string of the molecule is COc1cc(OC)c2c(c1)C(=O)c1nc(-c3ccccc3)cc(OC)c1C2=O. The molecule has 0 saturated carbocycles. The summed E-state index contributed by atoms with van der Waals surface area (Å²) in [6, 6.07) is 14.2. The van der Waals surface area contributed by atoms with Crippen LogP contribution in [0.2, 0.25) is 0 Å². The van der Waals surface area contributed by atoms with Crippen molar-refractivity contribution in [2.24, 2.45) is 0 Å². The largest absolute Gasteiger partial charge is 0.497 e. The third-order valence-corrected chi connectivity index (χ3v) is 4.72. The second-order valence-electron chi connectivity index (χ2n) is 6.21. The third-order valence-electron chi connectivity index (χ3n) is 4.72. The first kappa shape index (κ1) is 17.7. The van der Waals surface area contributed by atoms with Crippen LogP contribution in [0, 0.1) is 0 Å². The van der Waals surface area contributed by atoms with Crippen molar-refractivity contribution in [3.63, 3.8) is 0 Å². The maximum atomic E-state index is 13.3. The van der Waals surface area contributed by atoms with Gasteiger partial charge in [-0.2, -0.15) is 0 Å². The molecule has 3 aromatic rings. The summed E-state index contributed by atoms with van der Waals surface area (Å²) in [6.07, 6.45) is 0. The van der Waals surface area contributed by atoms with E-state index >= 15 is 0 Å². The van der Waals surface area contributed by atoms with E-state index in [4.69, 9.17) is 14.2 Å². The van der Waals surface area contributed by atoms with Crippen LogP contribution in [-0.2, 0) is 0 Å². The van der Waals surface area contributed by atoms with Crippen LogP contribution in [0.15, 0.2) is 48.5 Å². The quantitative estimate of drug-likeness (QED) is 0.543. The maximum Gasteiger partial charge on any atom is 0.213 e. The number of nitrogens with zero attached hydrogens (tertiary/aromatic N) is 1. The summed E-state index contributed by atoms with van der Waals surface area (Å²) in [5.74, 6) is 0.246. The molecule has 0 aliphatic heterocycles. The number of hydrogen-bond acceptors (Lipinski definition) is 6. The fraction of sp³-hybridized carbons (Fsp3) is 0.136. The molecule has 1 aliphatic rings. The number of fused-ring (bicyclic) bond motifs is 2. The van der Waals surface area contributed by atoms with Gasteiger partial charge in [0.05, 0.1) is 38.2 Å². The zero-order valence-corrected chi connectivity index (χ0v) is 15.6. The number of hydrogen-bond donors (Lipinski definition) is 0. The van der Waals surface area contributed by atoms with Crippen molar-refractivity contribution < 1.29 is 23.8 Å². The molecular weight excluding hydrogens is 358 g/mol. The van der Waals surface area contributed by atoms with E-state index in [2.05, 4.69) is 4.98 Å². The highest BCUT2D eigenvalue weighted by atomic mass is 16.5. The van der Waals surface area contributed by atoms with Gasteiger partial charge < -0.3 is 14.2 Å². The molecule has 6 heteroatoms. The summed E-state index contributed by atoms with van der Waals surface area (Å²) >= 11 is 0. The van der Waals surface area contributed by atoms with Crippen molar-refractivity contribution in [1.29, 1.82) is 0 Å². The molecule has 0 fully saturated rings. The number of carbonyl (C=O) groups is 2. The molecule has 0 saturated heterocycles. The van der Waals surface area contributed by atoms with Crippen LogP contribution in [0.1, 0.15) is 32.0 Å². The summed E-state index contributed by atoms with van der Waals surface area (Å²) in [4.78, 5) is 31.0. The van der Waals surface area contributed by atoms with Crippen LogP contribution in [0.3, 0.4) is 0 Å². The normalized spacial score (nSPS) is 12.2. The van der Waals surface area contributed by atoms with Crippen molar-refractivity contribution in [1.82, 2.24) is 4.98 Å². The van der Waals surface area contributed by atoms with Gasteiger partial charge in [-0.05, 0) is 6.07 Å². The van der Waals surface area contributed by atoms with Gasteiger partial charge in [0.2, 0.25) is 11.6 Å². The molecule has 0 amide bonds. The van der Waals surface area contributed by atoms with Crippen LogP contribution in [0.4, 0.5) is 0 Å². The molecule has 0 bridgehead atoms. The monoisotopic (exact) mass is 375 g/mol. The lowest BCUT2D eigenvalue weighted by molar-refractivity contribution is 0.0970. The zero-order valence-electron chi connectivity index (χ0n) is 15.6. The highest BCUT2D eigenvalue weighted by Crippen LogP contribution is 2.40. The minimum atomic E-state index is -0.377. The first-order chi connectivity index (χ1) is 13.6. The lowest BCUT2D eigenvalue weighted by Crippen LogP contribution is -2.24. The molecule has 0 spiro atoms. The predicted octanol–water partition coefficient (Wildman–Crippen LogP) is 3.55. The number of ether oxygens (including phenoxy) is 3. The smallest absolute Gasteiger partial charge is 0.213 e. The summed E-state index contributed by atoms with van der Waals surface area (Å²) in [5, 5.41) is 0. The summed E-state index contributed by atoms with van der Waals surface area (Å²) < 4.78 is 16.0. The third kappa shape index (κ3) is 2.62. The molecular formula is C22H17NO5. The van der Waals surface area contributed by atoms with Crippen molar-refractivity contribution in [2.75, 3.05) is 21.3 Å². The number of benzene rings is 2. The number of aromatic nitrogens is 1. The van der Waals surface area contributed by atoms with Gasteiger partial charge in [0, 0.05) is 23.3 Å². The van der Waals surface area contributed by atoms with Crippen molar-refractivity contribution in [2.45, 2.75) is 0 Å². The van der Waals surface area contributed by atoms with E-state index in [0.29, 0.717) is 17.2 Å². The molecule has 28 heavy (non-hydrogen) atoms. The summed E-state index contributed by atoms with van der Waals surface area (Å²) in [6.45, 7) is 0. The zero-order chi connectivity index (χ0) is 19.8. The first-order valence-electron chi connectivity index (χ1n) is 8.59. The van der Waals surface area contributed by atoms with Gasteiger partial charge in [-0.25, -0.2) is 4.98 Å². The molecule has 1 aliphatic carbocycles. The number of ketones is 2. The topological polar surface area (TPSA) is 74.7 Å². The average Bonchev–Trinajstić information content (AvgIpc) is 2.76. The Bertz CT molecular complexity index is 1110. The van der Waals surface area contributed by atoms with E-state index < -0.39 is 0 Å². The number of carbonyl (C=O) groups excluding carboxylic acids is 2. The van der Waals surface area contributed by atoms with E-state index in [9.17, 15) is 9.59 Å². The van der Waals surface area contributed by atoms with E-state index in [1.807, 2.05) is 30.3 Å². The van der Waals surface area contributed by atoms with Crippen LogP contribution in [-0.4, -0.2) is 37.9 Å². The Morgan fingerprint density at radius 3 is 2.07 bits per heavy atom. The lowest BCUT2D eigenvalue weighted by atomic mass is 9.85. The first-order valence-corrected chi connectivity index (χ1v) is 8.59. The average molecular weight is 375 g/mol. The molecule has 0 atom stereocenters. The van der Waals surface area contributed by atoms with E-state index in [1.165, 1.54) is 27.4 Å². The molecule has 0 unspecified atom stereocenters. The highest BCUT2D eigenvalue weighted by Gasteiger charge is 2.37. The van der Waals surface area contributed by atoms with Crippen LogP contribution < -0.4 is 14.2 Å². The molecule has 2 aromatic carbocycles. The lowest BCUT2D eigenvalue weighted by Gasteiger charge is -2.22. The van der Waals surface area contributed by atoms with Gasteiger partial charge in [0.25, 0.3) is 0 Å². The minimum Gasteiger partial charge on any atom is -0.497 e. The fourth-order valence-corrected chi connectivity index (χ4v) is 3.36. The van der Waals surface area contributed by atoms with Gasteiger partial charge in [0.1, 0.15) is 22.9 Å². The highest BCUT2D eigenvalue weighted by molar-refractivity contribution is 6.29. The Morgan fingerprint density at radius 1 is 0.750 bits per heavy atom. The van der Waals surface area contributed by atoms with E-state index in [0.717, 1.165) is 5.56 Å². The second-order valence-corrected chi connectivity index (χ2v) is 6.21. The van der Waals surface area contributed by atoms with Crippen LogP contribution in [0.5, 0.6) is 17.2 Å². The van der Waals surface area contributed by atoms with Gasteiger partial charge in [-0.1, -0.05) is 30.3 Å². The molecule has 0 N–H and O–H groups in total. The fourth-order valence-electron chi connectivity index (χ4n) is 3.36. The number of pyridine rings is 1.